The molecule has 30 heavy (non-hydrogen) atoms. The van der Waals surface area contributed by atoms with Crippen LogP contribution in [0.3, 0.4) is 0 Å². The first kappa shape index (κ1) is 20.3. The van der Waals surface area contributed by atoms with Gasteiger partial charge in [-0.05, 0) is 11.6 Å². The average molecular weight is 406 g/mol. The zero-order valence-corrected chi connectivity index (χ0v) is 15.3. The van der Waals surface area contributed by atoms with Crippen LogP contribution in [0.4, 0.5) is 5.69 Å². The smallest absolute Gasteiger partial charge is 0.276 e. The topological polar surface area (TPSA) is 174 Å². The fourth-order valence-corrected chi connectivity index (χ4v) is 2.63. The summed E-state index contributed by atoms with van der Waals surface area (Å²) in [4.78, 5) is 41.2. The second-order valence-corrected chi connectivity index (χ2v) is 6.05. The standard InChI is InChI=1S/C19H14N6O5/c20-9-8-15(26)23-24-16(18(27)11-4-2-1-3-5-11)17-19(28)22-14-10-12(25(29)30)6-7-13(14)21-17/h1-7,10,18,27H,8H2,(H,22,28)(H,23,26)/b24-16+. The molecule has 3 rings (SSSR count). The van der Waals surface area contributed by atoms with E-state index in [0.29, 0.717) is 5.56 Å². The molecule has 0 aliphatic carbocycles. The van der Waals surface area contributed by atoms with Crippen LogP contribution in [0.25, 0.3) is 11.0 Å². The molecule has 1 amide bonds. The molecule has 0 bridgehead atoms. The fraction of sp³-hybridized carbons (Fsp3) is 0.105. The first-order valence-corrected chi connectivity index (χ1v) is 8.56. The first-order valence-electron chi connectivity index (χ1n) is 8.56. The van der Waals surface area contributed by atoms with Crippen molar-refractivity contribution in [2.24, 2.45) is 5.10 Å². The van der Waals surface area contributed by atoms with E-state index >= 15 is 0 Å². The third kappa shape index (κ3) is 4.34. The molecule has 0 aliphatic rings. The predicted octanol–water partition coefficient (Wildman–Crippen LogP) is 1.30. The third-order valence-electron chi connectivity index (χ3n) is 4.04. The lowest BCUT2D eigenvalue weighted by Crippen LogP contribution is -2.29. The number of non-ortho nitro benzene ring substituents is 1. The number of nitrogens with one attached hydrogen (secondary N) is 2. The van der Waals surface area contributed by atoms with Crippen molar-refractivity contribution in [3.8, 4) is 6.07 Å². The number of nitro benzene ring substituents is 1. The Hall–Kier alpha value is -4.43. The van der Waals surface area contributed by atoms with E-state index in [4.69, 9.17) is 5.26 Å². The molecule has 3 aromatic rings. The van der Waals surface area contributed by atoms with Crippen molar-refractivity contribution >= 4 is 28.3 Å². The Bertz CT molecular complexity index is 1250. The lowest BCUT2D eigenvalue weighted by Gasteiger charge is -2.14. The van der Waals surface area contributed by atoms with Crippen molar-refractivity contribution in [2.75, 3.05) is 0 Å². The number of H-pyrrole nitrogens is 1. The number of nitro groups is 1. The van der Waals surface area contributed by atoms with Gasteiger partial charge in [0.25, 0.3) is 17.2 Å². The minimum Gasteiger partial charge on any atom is -0.382 e. The number of aliphatic hydroxyl groups is 1. The highest BCUT2D eigenvalue weighted by atomic mass is 16.6. The lowest BCUT2D eigenvalue weighted by molar-refractivity contribution is -0.384. The largest absolute Gasteiger partial charge is 0.382 e. The highest BCUT2D eigenvalue weighted by Crippen LogP contribution is 2.20. The van der Waals surface area contributed by atoms with Crippen molar-refractivity contribution in [3.63, 3.8) is 0 Å². The van der Waals surface area contributed by atoms with E-state index in [1.165, 1.54) is 12.1 Å². The molecule has 1 unspecified atom stereocenters. The van der Waals surface area contributed by atoms with E-state index in [1.807, 2.05) is 0 Å². The first-order chi connectivity index (χ1) is 14.4. The van der Waals surface area contributed by atoms with Crippen LogP contribution in [0.15, 0.2) is 58.4 Å². The molecule has 11 nitrogen and oxygen atoms in total. The van der Waals surface area contributed by atoms with Crippen LogP contribution in [0.1, 0.15) is 23.8 Å². The highest BCUT2D eigenvalue weighted by molar-refractivity contribution is 6.03. The zero-order chi connectivity index (χ0) is 21.7. The summed E-state index contributed by atoms with van der Waals surface area (Å²) in [5, 5.41) is 34.1. The van der Waals surface area contributed by atoms with Crippen LogP contribution < -0.4 is 11.0 Å². The normalized spacial score (nSPS) is 12.2. The molecular formula is C19H14N6O5. The molecule has 0 saturated carbocycles. The summed E-state index contributed by atoms with van der Waals surface area (Å²) in [6.45, 7) is 0. The van der Waals surface area contributed by atoms with Gasteiger partial charge in [0, 0.05) is 12.1 Å². The second-order valence-electron chi connectivity index (χ2n) is 6.05. The number of aromatic nitrogens is 2. The predicted molar refractivity (Wildman–Crippen MR) is 105 cm³/mol. The molecule has 1 heterocycles. The van der Waals surface area contributed by atoms with Crippen molar-refractivity contribution in [2.45, 2.75) is 12.5 Å². The summed E-state index contributed by atoms with van der Waals surface area (Å²) < 4.78 is 0. The summed E-state index contributed by atoms with van der Waals surface area (Å²) in [7, 11) is 0. The average Bonchev–Trinajstić information content (AvgIpc) is 2.74. The van der Waals surface area contributed by atoms with Gasteiger partial charge in [0.1, 0.15) is 18.2 Å². The molecule has 0 saturated heterocycles. The number of amides is 1. The quantitative estimate of drug-likeness (QED) is 0.314. The van der Waals surface area contributed by atoms with E-state index in [9.17, 15) is 24.8 Å². The number of benzene rings is 2. The zero-order valence-electron chi connectivity index (χ0n) is 15.3. The van der Waals surface area contributed by atoms with Crippen molar-refractivity contribution in [1.82, 2.24) is 15.4 Å². The Morgan fingerprint density at radius 3 is 2.73 bits per heavy atom. The molecule has 0 spiro atoms. The van der Waals surface area contributed by atoms with Gasteiger partial charge in [-0.3, -0.25) is 19.7 Å². The summed E-state index contributed by atoms with van der Waals surface area (Å²) in [6.07, 6.45) is -1.89. The van der Waals surface area contributed by atoms with Gasteiger partial charge in [-0.25, -0.2) is 10.4 Å². The number of hydrogen-bond donors (Lipinski definition) is 3. The summed E-state index contributed by atoms with van der Waals surface area (Å²) in [6, 6.07) is 13.6. The van der Waals surface area contributed by atoms with Gasteiger partial charge in [-0.2, -0.15) is 10.4 Å². The number of rotatable bonds is 6. The van der Waals surface area contributed by atoms with Crippen LogP contribution >= 0.6 is 0 Å². The number of fused-ring (bicyclic) bond motifs is 1. The van der Waals surface area contributed by atoms with Crippen LogP contribution in [0.5, 0.6) is 0 Å². The Balaban J connectivity index is 2.12. The molecule has 1 aromatic heterocycles. The molecule has 0 aliphatic heterocycles. The number of hydrazone groups is 1. The van der Waals surface area contributed by atoms with Gasteiger partial charge < -0.3 is 10.1 Å². The number of aromatic amines is 1. The van der Waals surface area contributed by atoms with Crippen LogP contribution in [0.2, 0.25) is 0 Å². The Kier molecular flexibility index (Phi) is 5.90. The van der Waals surface area contributed by atoms with Gasteiger partial charge in [0.2, 0.25) is 0 Å². The van der Waals surface area contributed by atoms with E-state index in [-0.39, 0.29) is 28.1 Å². The summed E-state index contributed by atoms with van der Waals surface area (Å²) in [5.74, 6) is -0.733. The van der Waals surface area contributed by atoms with E-state index in [0.717, 1.165) is 6.07 Å². The van der Waals surface area contributed by atoms with Gasteiger partial charge in [0.15, 0.2) is 5.69 Å². The molecule has 0 fully saturated rings. The fourth-order valence-electron chi connectivity index (χ4n) is 2.63. The summed E-state index contributed by atoms with van der Waals surface area (Å²) >= 11 is 0. The number of carbonyl (C=O) groups is 1. The Morgan fingerprint density at radius 2 is 2.07 bits per heavy atom. The van der Waals surface area contributed by atoms with Crippen molar-refractivity contribution in [1.29, 1.82) is 5.26 Å². The van der Waals surface area contributed by atoms with Crippen LogP contribution in [-0.4, -0.2) is 31.6 Å². The Morgan fingerprint density at radius 1 is 1.33 bits per heavy atom. The third-order valence-corrected chi connectivity index (χ3v) is 4.04. The number of hydrogen-bond acceptors (Lipinski definition) is 8. The molecule has 0 radical (unpaired) electrons. The maximum Gasteiger partial charge on any atom is 0.276 e. The van der Waals surface area contributed by atoms with E-state index in [2.05, 4.69) is 20.5 Å². The Labute approximate surface area is 168 Å². The SMILES string of the molecule is N#CCC(=O)N/N=C(\c1nc2ccc([N+](=O)[O-])cc2[nH]c1=O)C(O)c1ccccc1. The maximum absolute atomic E-state index is 12.6. The van der Waals surface area contributed by atoms with Gasteiger partial charge >= 0.3 is 0 Å². The molecule has 2 aromatic carbocycles. The van der Waals surface area contributed by atoms with E-state index < -0.39 is 28.9 Å². The number of carbonyl (C=O) groups excluding carboxylic acids is 1. The molecule has 1 atom stereocenters. The summed E-state index contributed by atoms with van der Waals surface area (Å²) in [5.41, 5.74) is 1.30. The van der Waals surface area contributed by atoms with Crippen LogP contribution in [0, 0.1) is 21.4 Å². The second kappa shape index (κ2) is 8.72. The molecular weight excluding hydrogens is 392 g/mol. The number of nitriles is 1. The molecule has 11 heteroatoms. The maximum atomic E-state index is 12.6. The monoisotopic (exact) mass is 406 g/mol. The van der Waals surface area contributed by atoms with Crippen molar-refractivity contribution < 1.29 is 14.8 Å². The minimum atomic E-state index is -1.42. The minimum absolute atomic E-state index is 0.125. The van der Waals surface area contributed by atoms with Gasteiger partial charge in [-0.15, -0.1) is 0 Å². The molecule has 3 N–H and O–H groups in total. The molecule has 150 valence electrons. The highest BCUT2D eigenvalue weighted by Gasteiger charge is 2.23. The van der Waals surface area contributed by atoms with Crippen LogP contribution in [-0.2, 0) is 4.79 Å². The van der Waals surface area contributed by atoms with Gasteiger partial charge in [-0.1, -0.05) is 30.3 Å². The lowest BCUT2D eigenvalue weighted by atomic mass is 10.0. The number of nitrogens with zero attached hydrogens (tertiary/aromatic N) is 4. The van der Waals surface area contributed by atoms with E-state index in [1.54, 1.807) is 36.4 Å². The van der Waals surface area contributed by atoms with Crippen molar-refractivity contribution in [3.05, 3.63) is 80.3 Å². The van der Waals surface area contributed by atoms with Gasteiger partial charge in [0.05, 0.1) is 22.0 Å². The number of aliphatic hydroxyl groups excluding tert-OH is 1.